The number of hydrogen-bond acceptors (Lipinski definition) is 16. The second kappa shape index (κ2) is 23.7. The van der Waals surface area contributed by atoms with Gasteiger partial charge in [-0.15, -0.1) is 0 Å². The van der Waals surface area contributed by atoms with Crippen LogP contribution in [-0.4, -0.2) is 126 Å². The van der Waals surface area contributed by atoms with Crippen molar-refractivity contribution in [2.45, 2.75) is 50.7 Å². The molecule has 4 aromatic carbocycles. The van der Waals surface area contributed by atoms with Crippen LogP contribution in [0, 0.1) is 0 Å². The molecule has 20 nitrogen and oxygen atoms in total. The first-order chi connectivity index (χ1) is 29.8. The van der Waals surface area contributed by atoms with E-state index in [0.717, 1.165) is 11.1 Å². The molecular weight excluding hydrogens is 929 g/mol. The van der Waals surface area contributed by atoms with Crippen molar-refractivity contribution in [2.75, 3.05) is 51.5 Å². The van der Waals surface area contributed by atoms with E-state index >= 15 is 0 Å². The molecule has 356 valence electrons. The van der Waals surface area contributed by atoms with Crippen molar-refractivity contribution in [3.63, 3.8) is 0 Å². The van der Waals surface area contributed by atoms with Crippen LogP contribution in [0.15, 0.2) is 72.8 Å². The molecule has 4 aromatic rings. The van der Waals surface area contributed by atoms with E-state index in [9.17, 15) is 53.0 Å². The summed E-state index contributed by atoms with van der Waals surface area (Å²) in [6, 6.07) is 19.1. The smallest absolute Gasteiger partial charge is 0.268 e. The second-order valence-electron chi connectivity index (χ2n) is 14.1. The van der Waals surface area contributed by atoms with E-state index in [1.165, 1.54) is 40.6 Å². The van der Waals surface area contributed by atoms with E-state index in [1.54, 1.807) is 60.7 Å². The quantitative estimate of drug-likeness (QED) is 0.0536. The average molecular weight is 981 g/mol. The van der Waals surface area contributed by atoms with Gasteiger partial charge in [0, 0.05) is 24.0 Å². The number of rotatable bonds is 24. The number of phenolic OH excluding ortho intramolecular Hbond substituents is 2. The maximum Gasteiger partial charge on any atom is 0.268 e. The van der Waals surface area contributed by atoms with Gasteiger partial charge >= 0.3 is 0 Å². The number of ether oxygens (including phenoxy) is 6. The summed E-state index contributed by atoms with van der Waals surface area (Å²) in [6.07, 6.45) is -1.15. The van der Waals surface area contributed by atoms with E-state index < -0.39 is 64.2 Å². The number of phenols is 2. The summed E-state index contributed by atoms with van der Waals surface area (Å²) < 4.78 is 158. The highest BCUT2D eigenvalue weighted by Gasteiger charge is 2.25. The minimum absolute atomic E-state index is 0.0535. The topological polar surface area (TPSA) is 313 Å². The highest BCUT2D eigenvalue weighted by molar-refractivity contribution is 7.86. The highest BCUT2D eigenvalue weighted by Crippen LogP contribution is 2.35. The van der Waals surface area contributed by atoms with E-state index in [1.807, 2.05) is 0 Å². The summed E-state index contributed by atoms with van der Waals surface area (Å²) in [7, 11) is -11.4. The summed E-state index contributed by atoms with van der Waals surface area (Å²) in [4.78, 5) is 0. The Balaban J connectivity index is 0.000000340. The maximum absolute atomic E-state index is 11.5. The van der Waals surface area contributed by atoms with Crippen molar-refractivity contribution >= 4 is 40.5 Å². The number of benzene rings is 4. The fourth-order valence-electron chi connectivity index (χ4n) is 6.23. The van der Waals surface area contributed by atoms with Crippen molar-refractivity contribution < 1.29 is 90.5 Å². The van der Waals surface area contributed by atoms with Crippen LogP contribution >= 0.6 is 0 Å². The molecule has 0 fully saturated rings. The zero-order chi connectivity index (χ0) is 47.9. The van der Waals surface area contributed by atoms with Crippen LogP contribution in [0.4, 0.5) is 0 Å². The fourth-order valence-corrected chi connectivity index (χ4v) is 8.56. The molecule has 0 heterocycles. The Morgan fingerprint density at radius 3 is 1.09 bits per heavy atom. The first kappa shape index (κ1) is 53.3. The Kier molecular flexibility index (Phi) is 19.8. The van der Waals surface area contributed by atoms with E-state index in [0.29, 0.717) is 24.0 Å². The SMILES string of the molecule is COc1cc(CCCS(=O)(=O)O)ccc1OC(Cc1cccc(OC)c1O)CS(=O)(=O)O.COc1cc(CCCS(=O)(=O)O)ccc1OC(Cc1cccc(OC)c1O)CS(=O)(=O)O. The molecule has 0 spiro atoms. The van der Waals surface area contributed by atoms with Crippen LogP contribution in [0.25, 0.3) is 0 Å². The highest BCUT2D eigenvalue weighted by atomic mass is 32.2. The number of hydrogen-bond donors (Lipinski definition) is 6. The van der Waals surface area contributed by atoms with Gasteiger partial charge in [-0.25, -0.2) is 0 Å². The maximum atomic E-state index is 11.5. The molecule has 0 bridgehead atoms. The van der Waals surface area contributed by atoms with Crippen molar-refractivity contribution in [2.24, 2.45) is 0 Å². The van der Waals surface area contributed by atoms with Crippen LogP contribution < -0.4 is 28.4 Å². The standard InChI is InChI=1S/2C20H26O10S2/c2*1-28-18-7-3-6-15(20(18)21)12-16(13-32(25,26)27)30-17-9-8-14(11-19(17)29-2)5-4-10-31(22,23)24/h2*3,6-9,11,16,21H,4-5,10,12-13H2,1-2H3,(H,22,23,24)(H,25,26,27). The van der Waals surface area contributed by atoms with Crippen molar-refractivity contribution in [3.8, 4) is 46.0 Å². The molecular formula is C40H52O20S4. The molecule has 24 heteroatoms. The molecule has 0 saturated carbocycles. The number of aryl methyl sites for hydroxylation is 2. The van der Waals surface area contributed by atoms with E-state index in [4.69, 9.17) is 37.5 Å². The molecule has 0 saturated heterocycles. The van der Waals surface area contributed by atoms with Crippen LogP contribution in [0.5, 0.6) is 46.0 Å². The zero-order valence-corrected chi connectivity index (χ0v) is 38.5. The summed E-state index contributed by atoms with van der Waals surface area (Å²) in [5.74, 6) is -1.22. The Labute approximate surface area is 372 Å². The third-order valence-electron chi connectivity index (χ3n) is 9.07. The Hall–Kier alpha value is -5.08. The molecule has 0 aliphatic heterocycles. The van der Waals surface area contributed by atoms with Crippen molar-refractivity contribution in [1.29, 1.82) is 0 Å². The van der Waals surface area contributed by atoms with Gasteiger partial charge in [-0.3, -0.25) is 18.2 Å². The minimum atomic E-state index is -4.41. The van der Waals surface area contributed by atoms with Crippen LogP contribution in [0.3, 0.4) is 0 Å². The molecule has 2 atom stereocenters. The van der Waals surface area contributed by atoms with E-state index in [-0.39, 0.29) is 83.2 Å². The lowest BCUT2D eigenvalue weighted by molar-refractivity contribution is 0.209. The van der Waals surface area contributed by atoms with Gasteiger partial charge in [0.1, 0.15) is 23.7 Å². The molecule has 0 radical (unpaired) electrons. The molecule has 0 aliphatic rings. The van der Waals surface area contributed by atoms with Gasteiger partial charge in [0.25, 0.3) is 40.5 Å². The Morgan fingerprint density at radius 1 is 0.453 bits per heavy atom. The lowest BCUT2D eigenvalue weighted by atomic mass is 10.1. The van der Waals surface area contributed by atoms with Gasteiger partial charge in [0.05, 0.1) is 39.9 Å². The number of para-hydroxylation sites is 2. The predicted molar refractivity (Wildman–Crippen MR) is 234 cm³/mol. The van der Waals surface area contributed by atoms with Crippen LogP contribution in [-0.2, 0) is 66.2 Å². The molecule has 0 amide bonds. The summed E-state index contributed by atoms with van der Waals surface area (Å²) >= 11 is 0. The molecule has 0 aromatic heterocycles. The second-order valence-corrected chi connectivity index (χ2v) is 20.2. The van der Waals surface area contributed by atoms with Gasteiger partial charge in [0.15, 0.2) is 46.0 Å². The largest absolute Gasteiger partial charge is 0.504 e. The zero-order valence-electron chi connectivity index (χ0n) is 35.2. The summed E-state index contributed by atoms with van der Waals surface area (Å²) in [6.45, 7) is 0. The normalized spacial score (nSPS) is 12.9. The third kappa shape index (κ3) is 18.9. The van der Waals surface area contributed by atoms with Crippen LogP contribution in [0.2, 0.25) is 0 Å². The average Bonchev–Trinajstić information content (AvgIpc) is 3.18. The predicted octanol–water partition coefficient (Wildman–Crippen LogP) is 4.22. The van der Waals surface area contributed by atoms with Crippen LogP contribution in [0.1, 0.15) is 35.1 Å². The van der Waals surface area contributed by atoms with Gasteiger partial charge in [0.2, 0.25) is 0 Å². The molecule has 0 aliphatic carbocycles. The van der Waals surface area contributed by atoms with Gasteiger partial charge in [-0.1, -0.05) is 36.4 Å². The molecule has 6 N–H and O–H groups in total. The first-order valence-electron chi connectivity index (χ1n) is 19.0. The molecule has 4 rings (SSSR count). The monoisotopic (exact) mass is 980 g/mol. The number of methoxy groups -OCH3 is 4. The van der Waals surface area contributed by atoms with Crippen molar-refractivity contribution in [3.05, 3.63) is 95.1 Å². The van der Waals surface area contributed by atoms with Gasteiger partial charge in [-0.05, 0) is 73.2 Å². The Bertz CT molecular complexity index is 2440. The first-order valence-corrected chi connectivity index (χ1v) is 25.4. The Morgan fingerprint density at radius 2 is 0.797 bits per heavy atom. The third-order valence-corrected chi connectivity index (χ3v) is 12.3. The lowest BCUT2D eigenvalue weighted by Crippen LogP contribution is -2.29. The molecule has 64 heavy (non-hydrogen) atoms. The summed E-state index contributed by atoms with van der Waals surface area (Å²) in [5.41, 5.74) is 2.15. The van der Waals surface area contributed by atoms with Crippen molar-refractivity contribution in [1.82, 2.24) is 0 Å². The lowest BCUT2D eigenvalue weighted by Gasteiger charge is -2.21. The summed E-state index contributed by atoms with van der Waals surface area (Å²) in [5, 5.41) is 20.6. The molecule has 2 unspecified atom stereocenters. The minimum Gasteiger partial charge on any atom is -0.504 e. The number of aromatic hydroxyl groups is 2. The van der Waals surface area contributed by atoms with E-state index in [2.05, 4.69) is 0 Å². The van der Waals surface area contributed by atoms with Gasteiger partial charge in [-0.2, -0.15) is 33.7 Å². The van der Waals surface area contributed by atoms with Gasteiger partial charge < -0.3 is 38.6 Å². The fraction of sp³-hybridized carbons (Fsp3) is 0.400.